The van der Waals surface area contributed by atoms with E-state index in [0.717, 1.165) is 12.0 Å². The Morgan fingerprint density at radius 3 is 2.53 bits per heavy atom. The summed E-state index contributed by atoms with van der Waals surface area (Å²) < 4.78 is 28.1. The number of amides is 1. The number of nitrogens with one attached hydrogen (secondary N) is 1. The number of ether oxygens (including phenoxy) is 1. The Kier molecular flexibility index (Phi) is 6.21. The van der Waals surface area contributed by atoms with Crippen molar-refractivity contribution in [3.63, 3.8) is 0 Å². The Bertz CT molecular complexity index is 396. The second-order valence-electron chi connectivity index (χ2n) is 4.17. The number of alkyl halides is 2. The summed E-state index contributed by atoms with van der Waals surface area (Å²) in [6, 6.07) is 5.98. The van der Waals surface area contributed by atoms with Gasteiger partial charge in [-0.1, -0.05) is 19.1 Å². The molecule has 0 aliphatic heterocycles. The molecule has 6 heteroatoms. The maximum absolute atomic E-state index is 11.9. The number of benzene rings is 1. The van der Waals surface area contributed by atoms with Gasteiger partial charge in [0.15, 0.2) is 0 Å². The predicted molar refractivity (Wildman–Crippen MR) is 67.8 cm³/mol. The molecule has 1 amide bonds. The van der Waals surface area contributed by atoms with Gasteiger partial charge in [-0.15, -0.1) is 0 Å². The first-order valence-electron chi connectivity index (χ1n) is 6.07. The molecule has 0 spiro atoms. The number of hydrogen-bond acceptors (Lipinski definition) is 3. The highest BCUT2D eigenvalue weighted by molar-refractivity contribution is 5.76. The van der Waals surface area contributed by atoms with E-state index >= 15 is 0 Å². The zero-order valence-corrected chi connectivity index (χ0v) is 10.7. The van der Waals surface area contributed by atoms with Crippen LogP contribution in [0.15, 0.2) is 24.3 Å². The molecule has 0 aliphatic carbocycles. The van der Waals surface area contributed by atoms with Gasteiger partial charge in [-0.25, -0.2) is 0 Å². The summed E-state index contributed by atoms with van der Waals surface area (Å²) in [5.74, 6) is -0.0275. The molecule has 4 nitrogen and oxygen atoms in total. The summed E-state index contributed by atoms with van der Waals surface area (Å²) in [6.07, 6.45) is 1.02. The Morgan fingerprint density at radius 1 is 1.37 bits per heavy atom. The lowest BCUT2D eigenvalue weighted by Gasteiger charge is -2.10. The van der Waals surface area contributed by atoms with Crippen LogP contribution in [-0.4, -0.2) is 18.6 Å². The van der Waals surface area contributed by atoms with Crippen molar-refractivity contribution in [1.29, 1.82) is 0 Å². The molecule has 0 aliphatic rings. The molecule has 0 saturated heterocycles. The predicted octanol–water partition coefficient (Wildman–Crippen LogP) is 2.03. The lowest BCUT2D eigenvalue weighted by atomic mass is 10.1. The summed E-state index contributed by atoms with van der Waals surface area (Å²) >= 11 is 0. The largest absolute Gasteiger partial charge is 0.435 e. The third kappa shape index (κ3) is 6.15. The zero-order valence-electron chi connectivity index (χ0n) is 10.7. The Morgan fingerprint density at radius 2 is 2.00 bits per heavy atom. The molecule has 1 atom stereocenters. The minimum Gasteiger partial charge on any atom is -0.435 e. The smallest absolute Gasteiger partial charge is 0.387 e. The van der Waals surface area contributed by atoms with Crippen LogP contribution in [0.4, 0.5) is 8.78 Å². The van der Waals surface area contributed by atoms with Crippen LogP contribution < -0.4 is 15.8 Å². The Hall–Kier alpha value is -1.69. The van der Waals surface area contributed by atoms with E-state index in [4.69, 9.17) is 5.73 Å². The van der Waals surface area contributed by atoms with Crippen LogP contribution in [0.25, 0.3) is 0 Å². The van der Waals surface area contributed by atoms with Gasteiger partial charge in [0.25, 0.3) is 0 Å². The lowest BCUT2D eigenvalue weighted by molar-refractivity contribution is -0.121. The van der Waals surface area contributed by atoms with Crippen LogP contribution in [0.1, 0.15) is 25.3 Å². The highest BCUT2D eigenvalue weighted by Gasteiger charge is 2.07. The molecule has 0 fully saturated rings. The van der Waals surface area contributed by atoms with Crippen molar-refractivity contribution < 1.29 is 18.3 Å². The molecule has 0 bridgehead atoms. The Balaban J connectivity index is 2.39. The monoisotopic (exact) mass is 272 g/mol. The van der Waals surface area contributed by atoms with Crippen LogP contribution in [0.5, 0.6) is 5.75 Å². The lowest BCUT2D eigenvalue weighted by Crippen LogP contribution is -2.30. The van der Waals surface area contributed by atoms with Crippen molar-refractivity contribution in [1.82, 2.24) is 5.32 Å². The molecule has 3 N–H and O–H groups in total. The van der Waals surface area contributed by atoms with Gasteiger partial charge in [0.1, 0.15) is 5.75 Å². The van der Waals surface area contributed by atoms with E-state index in [2.05, 4.69) is 10.1 Å². The van der Waals surface area contributed by atoms with E-state index in [0.29, 0.717) is 6.54 Å². The summed E-state index contributed by atoms with van der Waals surface area (Å²) in [7, 11) is 0. The van der Waals surface area contributed by atoms with Gasteiger partial charge in [-0.2, -0.15) is 8.78 Å². The second kappa shape index (κ2) is 7.68. The molecule has 106 valence electrons. The molecular formula is C13H18F2N2O2. The average Bonchev–Trinajstić information content (AvgIpc) is 2.37. The van der Waals surface area contributed by atoms with Gasteiger partial charge in [0, 0.05) is 19.0 Å². The van der Waals surface area contributed by atoms with Gasteiger partial charge in [-0.05, 0) is 24.1 Å². The summed E-state index contributed by atoms with van der Waals surface area (Å²) in [5.41, 5.74) is 6.47. The number of nitrogens with two attached hydrogens (primary N) is 1. The van der Waals surface area contributed by atoms with E-state index in [1.54, 1.807) is 12.1 Å². The van der Waals surface area contributed by atoms with E-state index in [-0.39, 0.29) is 24.1 Å². The standard InChI is InChI=1S/C13H18F2N2O2/c1-2-10(16)7-12(18)17-8-9-3-5-11(6-4-9)19-13(14)15/h3-6,10,13H,2,7-8,16H2,1H3,(H,17,18). The van der Waals surface area contributed by atoms with Crippen LogP contribution in [0.3, 0.4) is 0 Å². The summed E-state index contributed by atoms with van der Waals surface area (Å²) in [5, 5.41) is 2.72. The third-order valence-corrected chi connectivity index (χ3v) is 2.61. The summed E-state index contributed by atoms with van der Waals surface area (Å²) in [6.45, 7) is -0.578. The van der Waals surface area contributed by atoms with Crippen LogP contribution in [0, 0.1) is 0 Å². The molecular weight excluding hydrogens is 254 g/mol. The molecule has 1 aromatic rings. The molecule has 0 radical (unpaired) electrons. The van der Waals surface area contributed by atoms with Crippen molar-refractivity contribution >= 4 is 5.91 Å². The van der Waals surface area contributed by atoms with Gasteiger partial charge < -0.3 is 15.8 Å². The van der Waals surface area contributed by atoms with E-state index in [1.165, 1.54) is 12.1 Å². The number of rotatable bonds is 7. The molecule has 0 saturated carbocycles. The van der Waals surface area contributed by atoms with Crippen molar-refractivity contribution in [2.24, 2.45) is 5.73 Å². The van der Waals surface area contributed by atoms with Crippen molar-refractivity contribution in [3.05, 3.63) is 29.8 Å². The van der Waals surface area contributed by atoms with Crippen molar-refractivity contribution in [2.75, 3.05) is 0 Å². The van der Waals surface area contributed by atoms with Gasteiger partial charge in [0.05, 0.1) is 0 Å². The fourth-order valence-corrected chi connectivity index (χ4v) is 1.44. The van der Waals surface area contributed by atoms with Gasteiger partial charge in [0.2, 0.25) is 5.91 Å². The number of hydrogen-bond donors (Lipinski definition) is 2. The van der Waals surface area contributed by atoms with Gasteiger partial charge in [-0.3, -0.25) is 4.79 Å². The third-order valence-electron chi connectivity index (χ3n) is 2.61. The van der Waals surface area contributed by atoms with Crippen LogP contribution in [-0.2, 0) is 11.3 Å². The van der Waals surface area contributed by atoms with Crippen molar-refractivity contribution in [2.45, 2.75) is 39.0 Å². The highest BCUT2D eigenvalue weighted by atomic mass is 19.3. The second-order valence-corrected chi connectivity index (χ2v) is 4.17. The normalized spacial score (nSPS) is 12.3. The van der Waals surface area contributed by atoms with Crippen LogP contribution >= 0.6 is 0 Å². The SMILES string of the molecule is CCC(N)CC(=O)NCc1ccc(OC(F)F)cc1. The quantitative estimate of drug-likeness (QED) is 0.798. The first-order valence-corrected chi connectivity index (χ1v) is 6.07. The number of carbonyl (C=O) groups excluding carboxylic acids is 1. The number of halogens is 2. The highest BCUT2D eigenvalue weighted by Crippen LogP contribution is 2.14. The molecule has 0 heterocycles. The van der Waals surface area contributed by atoms with E-state index in [1.807, 2.05) is 6.92 Å². The van der Waals surface area contributed by atoms with Crippen molar-refractivity contribution in [3.8, 4) is 5.75 Å². The molecule has 1 rings (SSSR count). The Labute approximate surface area is 110 Å². The minimum atomic E-state index is -2.83. The molecule has 0 aromatic heterocycles. The van der Waals surface area contributed by atoms with E-state index in [9.17, 15) is 13.6 Å². The minimum absolute atomic E-state index is 0.0954. The summed E-state index contributed by atoms with van der Waals surface area (Å²) in [4.78, 5) is 11.5. The molecule has 1 unspecified atom stereocenters. The average molecular weight is 272 g/mol. The first-order chi connectivity index (χ1) is 9.01. The van der Waals surface area contributed by atoms with Gasteiger partial charge >= 0.3 is 6.61 Å². The van der Waals surface area contributed by atoms with E-state index < -0.39 is 6.61 Å². The maximum atomic E-state index is 11.9. The van der Waals surface area contributed by atoms with Crippen LogP contribution in [0.2, 0.25) is 0 Å². The number of carbonyl (C=O) groups is 1. The fourth-order valence-electron chi connectivity index (χ4n) is 1.44. The zero-order chi connectivity index (χ0) is 14.3. The first kappa shape index (κ1) is 15.4. The fraction of sp³-hybridized carbons (Fsp3) is 0.462. The molecule has 1 aromatic carbocycles. The topological polar surface area (TPSA) is 64.4 Å². The maximum Gasteiger partial charge on any atom is 0.387 e. The molecule has 19 heavy (non-hydrogen) atoms.